The molecule has 4 bridgehead atoms. The minimum atomic E-state index is -2.03. The van der Waals surface area contributed by atoms with Crippen molar-refractivity contribution in [3.05, 3.63) is 63.9 Å². The zero-order valence-electron chi connectivity index (χ0n) is 21.8. The molecule has 0 unspecified atom stereocenters. The van der Waals surface area contributed by atoms with Gasteiger partial charge < -0.3 is 20.3 Å². The van der Waals surface area contributed by atoms with E-state index in [0.29, 0.717) is 6.42 Å². The van der Waals surface area contributed by atoms with Crippen molar-refractivity contribution in [3.63, 3.8) is 0 Å². The molecule has 2 aliphatic heterocycles. The molecular formula is C29H33NO7. The first-order valence-electron chi connectivity index (χ1n) is 12.7. The number of esters is 1. The lowest BCUT2D eigenvalue weighted by molar-refractivity contribution is -0.144. The molecule has 4 rings (SSSR count). The summed E-state index contributed by atoms with van der Waals surface area (Å²) in [4.78, 5) is 52.6. The molecule has 0 aromatic heterocycles. The van der Waals surface area contributed by atoms with E-state index >= 15 is 0 Å². The molecule has 1 aromatic carbocycles. The van der Waals surface area contributed by atoms with Gasteiger partial charge in [-0.05, 0) is 51.2 Å². The van der Waals surface area contributed by atoms with Crippen molar-refractivity contribution in [3.8, 4) is 5.75 Å². The minimum Gasteiger partial charge on any atom is -0.507 e. The number of rotatable bonds is 1. The van der Waals surface area contributed by atoms with Crippen LogP contribution in [0.3, 0.4) is 0 Å². The van der Waals surface area contributed by atoms with Crippen molar-refractivity contribution in [1.82, 2.24) is 5.32 Å². The number of nitrogens with one attached hydrogen (secondary N) is 1. The molecule has 37 heavy (non-hydrogen) atoms. The second-order valence-corrected chi connectivity index (χ2v) is 10.3. The summed E-state index contributed by atoms with van der Waals surface area (Å²) in [6.07, 6.45) is 7.26. The van der Waals surface area contributed by atoms with Crippen LogP contribution < -0.4 is 5.32 Å². The highest BCUT2D eigenvalue weighted by molar-refractivity contribution is 6.17. The third-order valence-electron chi connectivity index (χ3n) is 7.83. The number of aromatic hydroxyl groups is 1. The van der Waals surface area contributed by atoms with E-state index in [4.69, 9.17) is 4.74 Å². The smallest absolute Gasteiger partial charge is 0.333 e. The largest absolute Gasteiger partial charge is 0.507 e. The lowest BCUT2D eigenvalue weighted by Crippen LogP contribution is -2.39. The number of Topliss-reactive ketones (excluding diaryl/α,β-unsaturated/α-hetero) is 1. The predicted molar refractivity (Wildman–Crippen MR) is 136 cm³/mol. The van der Waals surface area contributed by atoms with Gasteiger partial charge in [0.1, 0.15) is 17.5 Å². The van der Waals surface area contributed by atoms with E-state index < -0.39 is 41.1 Å². The van der Waals surface area contributed by atoms with Gasteiger partial charge in [0.25, 0.3) is 0 Å². The molecule has 3 N–H and O–H groups in total. The molecule has 2 heterocycles. The molecule has 196 valence electrons. The summed E-state index contributed by atoms with van der Waals surface area (Å²) >= 11 is 0. The summed E-state index contributed by atoms with van der Waals surface area (Å²) in [5.74, 6) is -3.86. The van der Waals surface area contributed by atoms with E-state index in [9.17, 15) is 29.4 Å². The van der Waals surface area contributed by atoms with Crippen LogP contribution in [0.25, 0.3) is 0 Å². The number of hydrogen-bond donors (Lipinski definition) is 3. The van der Waals surface area contributed by atoms with Crippen molar-refractivity contribution in [2.75, 3.05) is 0 Å². The van der Waals surface area contributed by atoms with Crippen LogP contribution in [-0.2, 0) is 19.9 Å². The van der Waals surface area contributed by atoms with Gasteiger partial charge in [-0.1, -0.05) is 32.1 Å². The van der Waals surface area contributed by atoms with Crippen LogP contribution in [0.4, 0.5) is 0 Å². The highest BCUT2D eigenvalue weighted by Gasteiger charge is 2.55. The number of aliphatic hydroxyl groups is 1. The maximum atomic E-state index is 13.5. The van der Waals surface area contributed by atoms with Gasteiger partial charge in [0.05, 0.1) is 17.2 Å². The van der Waals surface area contributed by atoms with E-state index in [2.05, 4.69) is 5.32 Å². The maximum absolute atomic E-state index is 13.5. The van der Waals surface area contributed by atoms with Crippen molar-refractivity contribution < 1.29 is 34.1 Å². The SMILES string of the molecule is CC[C@H]1/C=C/[C@H](C)[C@H](C)OC(=O)/C(C)=C\[C@@H]2C(=O)NC3=CC(=O)c4c(cc(C)c(O)c4C(=O)CC1)[C@@]32O. The average Bonchev–Trinajstić information content (AvgIpc) is 3.09. The lowest BCUT2D eigenvalue weighted by atomic mass is 9.72. The summed E-state index contributed by atoms with van der Waals surface area (Å²) in [5, 5.41) is 25.4. The van der Waals surface area contributed by atoms with E-state index in [1.54, 1.807) is 13.8 Å². The lowest BCUT2D eigenvalue weighted by Gasteiger charge is -2.34. The monoisotopic (exact) mass is 507 g/mol. The fourth-order valence-corrected chi connectivity index (χ4v) is 5.21. The number of carbonyl (C=O) groups is 4. The molecule has 0 radical (unpaired) electrons. The van der Waals surface area contributed by atoms with Crippen LogP contribution in [0.15, 0.2) is 41.6 Å². The van der Waals surface area contributed by atoms with E-state index in [1.165, 1.54) is 19.1 Å². The number of phenolic OH excluding ortho intramolecular Hbond substituents is 1. The van der Waals surface area contributed by atoms with Gasteiger partial charge in [-0.15, -0.1) is 0 Å². The van der Waals surface area contributed by atoms with Gasteiger partial charge in [-0.2, -0.15) is 0 Å². The van der Waals surface area contributed by atoms with Crippen LogP contribution in [0.2, 0.25) is 0 Å². The van der Waals surface area contributed by atoms with Crippen LogP contribution in [0, 0.1) is 24.7 Å². The number of cyclic esters (lactones) is 1. The molecule has 8 heteroatoms. The zero-order chi connectivity index (χ0) is 27.2. The molecule has 0 saturated carbocycles. The highest BCUT2D eigenvalue weighted by Crippen LogP contribution is 2.49. The van der Waals surface area contributed by atoms with Crippen LogP contribution >= 0.6 is 0 Å². The second-order valence-electron chi connectivity index (χ2n) is 10.3. The second kappa shape index (κ2) is 9.74. The van der Waals surface area contributed by atoms with Crippen molar-refractivity contribution >= 4 is 23.4 Å². The van der Waals surface area contributed by atoms with Gasteiger partial charge in [0, 0.05) is 35.1 Å². The summed E-state index contributed by atoms with van der Waals surface area (Å²) in [5.41, 5.74) is -1.87. The van der Waals surface area contributed by atoms with Gasteiger partial charge >= 0.3 is 5.97 Å². The van der Waals surface area contributed by atoms with Crippen LogP contribution in [0.5, 0.6) is 5.75 Å². The molecule has 1 fully saturated rings. The first-order valence-corrected chi connectivity index (χ1v) is 12.7. The third-order valence-corrected chi connectivity index (χ3v) is 7.83. The molecule has 1 aromatic rings. The fraction of sp³-hybridized carbons (Fsp3) is 0.448. The van der Waals surface area contributed by atoms with Crippen molar-refractivity contribution in [2.24, 2.45) is 17.8 Å². The normalized spacial score (nSPS) is 32.6. The zero-order valence-corrected chi connectivity index (χ0v) is 21.8. The molecule has 1 saturated heterocycles. The third kappa shape index (κ3) is 4.44. The van der Waals surface area contributed by atoms with Crippen molar-refractivity contribution in [1.29, 1.82) is 0 Å². The Bertz CT molecular complexity index is 1290. The maximum Gasteiger partial charge on any atom is 0.333 e. The van der Waals surface area contributed by atoms with Crippen LogP contribution in [0.1, 0.15) is 78.8 Å². The standard InChI is InChI=1S/C29H33NO7/c1-6-18-8-7-14(2)17(5)37-28(35)16(4)12-20-27(34)30-23-13-22(32)24-19(29(20,23)36)11-15(3)26(33)25(24)21(31)10-9-18/h7-8,11-14,17-18,20,33,36H,6,9-10H2,1-5H3,(H,30,34)/b8-7+,16-12-/t14-,17-,18-,20+,29-/m0/s1. The average molecular weight is 508 g/mol. The van der Waals surface area contributed by atoms with Gasteiger partial charge in [0.15, 0.2) is 11.6 Å². The number of benzene rings is 1. The minimum absolute atomic E-state index is 0.0314. The summed E-state index contributed by atoms with van der Waals surface area (Å²) in [6, 6.07) is 1.43. The first-order chi connectivity index (χ1) is 17.4. The van der Waals surface area contributed by atoms with E-state index in [0.717, 1.165) is 12.5 Å². The fourth-order valence-electron chi connectivity index (χ4n) is 5.21. The Labute approximate surface area is 216 Å². The van der Waals surface area contributed by atoms with Gasteiger partial charge in [0.2, 0.25) is 5.91 Å². The molecule has 5 atom stereocenters. The Balaban J connectivity index is 1.95. The summed E-state index contributed by atoms with van der Waals surface area (Å²) < 4.78 is 5.64. The number of aryl methyl sites for hydroxylation is 1. The molecule has 1 amide bonds. The number of hydrogen-bond acceptors (Lipinski definition) is 7. The van der Waals surface area contributed by atoms with Crippen molar-refractivity contribution in [2.45, 2.75) is 65.6 Å². The highest BCUT2D eigenvalue weighted by atomic mass is 16.5. The Morgan fingerprint density at radius 2 is 1.81 bits per heavy atom. The van der Waals surface area contributed by atoms with Crippen LogP contribution in [-0.4, -0.2) is 39.8 Å². The number of carbonyl (C=O) groups excluding carboxylic acids is 4. The topological polar surface area (TPSA) is 130 Å². The van der Waals surface area contributed by atoms with Gasteiger partial charge in [-0.3, -0.25) is 14.4 Å². The summed E-state index contributed by atoms with van der Waals surface area (Å²) in [7, 11) is 0. The number of ketones is 2. The summed E-state index contributed by atoms with van der Waals surface area (Å²) in [6.45, 7) is 8.78. The molecule has 1 aliphatic carbocycles. The predicted octanol–water partition coefficient (Wildman–Crippen LogP) is 3.79. The molecule has 3 aliphatic rings. The molecule has 8 nitrogen and oxygen atoms in total. The molecule has 0 spiro atoms. The first kappa shape index (κ1) is 26.5. The Morgan fingerprint density at radius 1 is 1.11 bits per heavy atom. The number of ether oxygens (including phenoxy) is 1. The Kier molecular flexibility index (Phi) is 6.99. The van der Waals surface area contributed by atoms with Gasteiger partial charge in [-0.25, -0.2) is 4.79 Å². The quantitative estimate of drug-likeness (QED) is 0.389. The van der Waals surface area contributed by atoms with E-state index in [1.807, 2.05) is 26.0 Å². The number of amides is 1. The Hall–Kier alpha value is -3.52. The Morgan fingerprint density at radius 3 is 2.49 bits per heavy atom. The molecular weight excluding hydrogens is 474 g/mol. The number of phenols is 1. The number of allylic oxidation sites excluding steroid dienone is 2. The van der Waals surface area contributed by atoms with E-state index in [-0.39, 0.29) is 57.5 Å².